The number of nitrogens with two attached hydrogens (primary N) is 1. The quantitative estimate of drug-likeness (QED) is 0.866. The zero-order valence-electron chi connectivity index (χ0n) is 10.5. The summed E-state index contributed by atoms with van der Waals surface area (Å²) in [4.78, 5) is 6.95. The second-order valence-corrected chi connectivity index (χ2v) is 5.34. The van der Waals surface area contributed by atoms with Gasteiger partial charge in [0.1, 0.15) is 0 Å². The maximum atomic E-state index is 6.17. The van der Waals surface area contributed by atoms with Gasteiger partial charge in [-0.15, -0.1) is 0 Å². The van der Waals surface area contributed by atoms with Gasteiger partial charge in [0.2, 0.25) is 0 Å². The van der Waals surface area contributed by atoms with Crippen molar-refractivity contribution in [2.45, 2.75) is 50.7 Å². The molecule has 1 aromatic heterocycles. The maximum Gasteiger partial charge on any atom is 0.0951 e. The van der Waals surface area contributed by atoms with Gasteiger partial charge in [0.15, 0.2) is 0 Å². The van der Waals surface area contributed by atoms with Crippen LogP contribution < -0.4 is 5.73 Å². The van der Waals surface area contributed by atoms with Crippen LogP contribution in [0.4, 0.5) is 0 Å². The molecular weight excluding hydrogens is 212 g/mol. The van der Waals surface area contributed by atoms with E-state index in [0.717, 1.165) is 12.5 Å². The first kappa shape index (κ1) is 11.2. The lowest BCUT2D eigenvalue weighted by Gasteiger charge is -2.24. The Morgan fingerprint density at radius 1 is 1.41 bits per heavy atom. The Hall–Kier alpha value is -0.870. The molecule has 0 saturated carbocycles. The molecule has 0 aromatic carbocycles. The van der Waals surface area contributed by atoms with Gasteiger partial charge < -0.3 is 10.3 Å². The Kier molecular flexibility index (Phi) is 2.92. The van der Waals surface area contributed by atoms with Gasteiger partial charge in [-0.2, -0.15) is 0 Å². The Bertz CT molecular complexity index is 387. The van der Waals surface area contributed by atoms with Crippen LogP contribution in [0.2, 0.25) is 0 Å². The summed E-state index contributed by atoms with van der Waals surface area (Å²) in [7, 11) is 0. The number of hydrogen-bond donors (Lipinski definition) is 1. The summed E-state index contributed by atoms with van der Waals surface area (Å²) < 4.78 is 2.35. The topological polar surface area (TPSA) is 47.1 Å². The van der Waals surface area contributed by atoms with Crippen LogP contribution in [0.25, 0.3) is 0 Å². The number of hydrogen-bond acceptors (Lipinski definition) is 3. The van der Waals surface area contributed by atoms with E-state index in [1.807, 2.05) is 12.5 Å². The van der Waals surface area contributed by atoms with Crippen LogP contribution >= 0.6 is 0 Å². The predicted molar refractivity (Wildman–Crippen MR) is 67.7 cm³/mol. The zero-order chi connectivity index (χ0) is 11.8. The molecule has 0 bridgehead atoms. The van der Waals surface area contributed by atoms with Crippen molar-refractivity contribution >= 4 is 0 Å². The number of nitrogens with zero attached hydrogens (tertiary/aromatic N) is 3. The van der Waals surface area contributed by atoms with Crippen molar-refractivity contribution in [3.05, 3.63) is 18.2 Å². The molecule has 2 N–H and O–H groups in total. The van der Waals surface area contributed by atoms with E-state index in [1.165, 1.54) is 38.0 Å². The summed E-state index contributed by atoms with van der Waals surface area (Å²) in [6.45, 7) is 4.66. The molecule has 0 spiro atoms. The van der Waals surface area contributed by atoms with E-state index < -0.39 is 0 Å². The Balaban J connectivity index is 1.86. The summed E-state index contributed by atoms with van der Waals surface area (Å²) in [6, 6.07) is 1.47. The molecule has 0 aliphatic carbocycles. The fraction of sp³-hybridized carbons (Fsp3) is 0.769. The van der Waals surface area contributed by atoms with Crippen molar-refractivity contribution in [3.8, 4) is 0 Å². The van der Waals surface area contributed by atoms with Gasteiger partial charge in [-0.05, 0) is 32.2 Å². The highest BCUT2D eigenvalue weighted by molar-refractivity contribution is 5.09. The van der Waals surface area contributed by atoms with Crippen molar-refractivity contribution in [2.75, 3.05) is 13.1 Å². The van der Waals surface area contributed by atoms with Crippen molar-refractivity contribution in [1.29, 1.82) is 0 Å². The molecule has 0 radical (unpaired) electrons. The molecule has 2 aliphatic rings. The normalized spacial score (nSPS) is 30.7. The fourth-order valence-electron chi connectivity index (χ4n) is 3.47. The highest BCUT2D eigenvalue weighted by Crippen LogP contribution is 2.37. The standard InChI is InChI=1S/C13H22N4/c1-2-10(14)13-8-15-9-17(13)12-5-7-16-6-3-4-11(12)16/h8-12H,2-7,14H2,1H3/t10-,11?,12?/m1/s1. The minimum Gasteiger partial charge on any atom is -0.328 e. The Morgan fingerprint density at radius 2 is 2.29 bits per heavy atom. The second kappa shape index (κ2) is 4.42. The predicted octanol–water partition coefficient (Wildman–Crippen LogP) is 1.70. The lowest BCUT2D eigenvalue weighted by Crippen LogP contribution is -2.29. The van der Waals surface area contributed by atoms with Gasteiger partial charge in [-0.25, -0.2) is 4.98 Å². The molecule has 2 saturated heterocycles. The van der Waals surface area contributed by atoms with Gasteiger partial charge in [-0.1, -0.05) is 6.92 Å². The van der Waals surface area contributed by atoms with Crippen molar-refractivity contribution < 1.29 is 0 Å². The highest BCUT2D eigenvalue weighted by Gasteiger charge is 2.38. The van der Waals surface area contributed by atoms with Crippen molar-refractivity contribution in [3.63, 3.8) is 0 Å². The molecular formula is C13H22N4. The Morgan fingerprint density at radius 3 is 3.12 bits per heavy atom. The first-order chi connectivity index (χ1) is 8.31. The van der Waals surface area contributed by atoms with E-state index in [-0.39, 0.29) is 6.04 Å². The van der Waals surface area contributed by atoms with Gasteiger partial charge in [-0.3, -0.25) is 4.90 Å². The largest absolute Gasteiger partial charge is 0.328 e. The lowest BCUT2D eigenvalue weighted by molar-refractivity contribution is 0.286. The third-order valence-corrected chi connectivity index (χ3v) is 4.44. The summed E-state index contributed by atoms with van der Waals surface area (Å²) in [5.74, 6) is 0. The van der Waals surface area contributed by atoms with E-state index in [4.69, 9.17) is 5.73 Å². The third-order valence-electron chi connectivity index (χ3n) is 4.44. The average molecular weight is 234 g/mol. The SMILES string of the molecule is CC[C@@H](N)c1cncn1C1CCN2CCCC12. The molecule has 3 rings (SSSR count). The van der Waals surface area contributed by atoms with E-state index >= 15 is 0 Å². The average Bonchev–Trinajstić information content (AvgIpc) is 3.02. The van der Waals surface area contributed by atoms with Crippen molar-refractivity contribution in [2.24, 2.45) is 5.73 Å². The minimum absolute atomic E-state index is 0.132. The van der Waals surface area contributed by atoms with Gasteiger partial charge in [0.25, 0.3) is 0 Å². The summed E-state index contributed by atoms with van der Waals surface area (Å²) >= 11 is 0. The van der Waals surface area contributed by atoms with Crippen LogP contribution in [0, 0.1) is 0 Å². The van der Waals surface area contributed by atoms with Crippen LogP contribution in [0.5, 0.6) is 0 Å². The smallest absolute Gasteiger partial charge is 0.0951 e. The third kappa shape index (κ3) is 1.79. The van der Waals surface area contributed by atoms with Crippen LogP contribution in [0.1, 0.15) is 50.4 Å². The molecule has 2 fully saturated rings. The maximum absolute atomic E-state index is 6.17. The van der Waals surface area contributed by atoms with Crippen LogP contribution in [-0.4, -0.2) is 33.6 Å². The van der Waals surface area contributed by atoms with Crippen LogP contribution in [0.15, 0.2) is 12.5 Å². The molecule has 94 valence electrons. The Labute approximate surface area is 103 Å². The molecule has 4 heteroatoms. The molecule has 17 heavy (non-hydrogen) atoms. The van der Waals surface area contributed by atoms with E-state index in [0.29, 0.717) is 6.04 Å². The number of aromatic nitrogens is 2. The first-order valence-corrected chi connectivity index (χ1v) is 6.82. The number of rotatable bonds is 3. The molecule has 0 amide bonds. The molecule has 2 unspecified atom stereocenters. The molecule has 1 aromatic rings. The van der Waals surface area contributed by atoms with Gasteiger partial charge >= 0.3 is 0 Å². The summed E-state index contributed by atoms with van der Waals surface area (Å²) in [6.07, 6.45) is 8.86. The molecule has 3 heterocycles. The monoisotopic (exact) mass is 234 g/mol. The molecule has 3 atom stereocenters. The van der Waals surface area contributed by atoms with Crippen LogP contribution in [-0.2, 0) is 0 Å². The lowest BCUT2D eigenvalue weighted by atomic mass is 10.1. The summed E-state index contributed by atoms with van der Waals surface area (Å²) in [5, 5.41) is 0. The summed E-state index contributed by atoms with van der Waals surface area (Å²) in [5.41, 5.74) is 7.38. The zero-order valence-corrected chi connectivity index (χ0v) is 10.5. The van der Waals surface area contributed by atoms with E-state index in [2.05, 4.69) is 21.4 Å². The van der Waals surface area contributed by atoms with Gasteiger partial charge in [0, 0.05) is 24.8 Å². The highest BCUT2D eigenvalue weighted by atomic mass is 15.3. The second-order valence-electron chi connectivity index (χ2n) is 5.34. The van der Waals surface area contributed by atoms with E-state index in [9.17, 15) is 0 Å². The van der Waals surface area contributed by atoms with Crippen LogP contribution in [0.3, 0.4) is 0 Å². The molecule has 2 aliphatic heterocycles. The van der Waals surface area contributed by atoms with E-state index in [1.54, 1.807) is 0 Å². The fourth-order valence-corrected chi connectivity index (χ4v) is 3.47. The first-order valence-electron chi connectivity index (χ1n) is 6.82. The van der Waals surface area contributed by atoms with Crippen molar-refractivity contribution in [1.82, 2.24) is 14.5 Å². The molecule has 4 nitrogen and oxygen atoms in total. The van der Waals surface area contributed by atoms with Gasteiger partial charge in [0.05, 0.1) is 18.1 Å². The number of imidazole rings is 1. The minimum atomic E-state index is 0.132. The number of fused-ring (bicyclic) bond motifs is 1.